The van der Waals surface area contributed by atoms with Crippen LogP contribution in [-0.2, 0) is 10.8 Å². The lowest BCUT2D eigenvalue weighted by atomic mass is 9.58. The van der Waals surface area contributed by atoms with Gasteiger partial charge in [-0.1, -0.05) is 34.6 Å². The Morgan fingerprint density at radius 1 is 1.05 bits per heavy atom. The second-order valence-corrected chi connectivity index (χ2v) is 6.96. The Hall–Kier alpha value is -1.18. The zero-order chi connectivity index (χ0) is 14.4. The summed E-state index contributed by atoms with van der Waals surface area (Å²) in [4.78, 5) is 0. The molecule has 0 saturated carbocycles. The molecule has 0 fully saturated rings. The lowest BCUT2D eigenvalue weighted by molar-refractivity contribution is 0.225. The first-order valence-corrected chi connectivity index (χ1v) is 7.01. The summed E-state index contributed by atoms with van der Waals surface area (Å²) in [7, 11) is 3.46. The molecule has 1 aliphatic carbocycles. The lowest BCUT2D eigenvalue weighted by Crippen LogP contribution is -2.40. The minimum absolute atomic E-state index is 0.141. The largest absolute Gasteiger partial charge is 0.497 e. The summed E-state index contributed by atoms with van der Waals surface area (Å²) in [6, 6.07) is 4.20. The third-order valence-corrected chi connectivity index (χ3v) is 4.95. The molecule has 0 N–H and O–H groups in total. The number of hydrogen-bond donors (Lipinski definition) is 0. The SMILES string of the molecule is COc1cc(OC)c2c(c1)C(C)(C)C(C)CC2(C)C. The predicted molar refractivity (Wildman–Crippen MR) is 79.4 cm³/mol. The highest BCUT2D eigenvalue weighted by atomic mass is 16.5. The molecule has 0 aromatic heterocycles. The summed E-state index contributed by atoms with van der Waals surface area (Å²) < 4.78 is 11.1. The summed E-state index contributed by atoms with van der Waals surface area (Å²) in [5.74, 6) is 2.47. The van der Waals surface area contributed by atoms with Gasteiger partial charge in [-0.25, -0.2) is 0 Å². The van der Waals surface area contributed by atoms with Crippen LogP contribution in [0.25, 0.3) is 0 Å². The maximum atomic E-state index is 5.64. The van der Waals surface area contributed by atoms with Gasteiger partial charge in [0.25, 0.3) is 0 Å². The fourth-order valence-corrected chi connectivity index (χ4v) is 3.46. The van der Waals surface area contributed by atoms with Gasteiger partial charge in [0.2, 0.25) is 0 Å². The third kappa shape index (κ3) is 2.11. The van der Waals surface area contributed by atoms with Gasteiger partial charge in [-0.3, -0.25) is 0 Å². The fourth-order valence-electron chi connectivity index (χ4n) is 3.46. The topological polar surface area (TPSA) is 18.5 Å². The van der Waals surface area contributed by atoms with Crippen molar-refractivity contribution >= 4 is 0 Å². The van der Waals surface area contributed by atoms with E-state index in [1.807, 2.05) is 6.07 Å². The highest BCUT2D eigenvalue weighted by Crippen LogP contribution is 2.53. The molecule has 0 spiro atoms. The van der Waals surface area contributed by atoms with Crippen LogP contribution in [0.1, 0.15) is 52.2 Å². The van der Waals surface area contributed by atoms with E-state index in [9.17, 15) is 0 Å². The quantitative estimate of drug-likeness (QED) is 0.791. The summed E-state index contributed by atoms with van der Waals surface area (Å²) in [5, 5.41) is 0. The number of benzene rings is 1. The van der Waals surface area contributed by atoms with Gasteiger partial charge < -0.3 is 9.47 Å². The zero-order valence-electron chi connectivity index (χ0n) is 13.3. The van der Waals surface area contributed by atoms with E-state index in [0.29, 0.717) is 5.92 Å². The van der Waals surface area contributed by atoms with Crippen LogP contribution in [-0.4, -0.2) is 14.2 Å². The van der Waals surface area contributed by atoms with Gasteiger partial charge in [-0.05, 0) is 34.8 Å². The van der Waals surface area contributed by atoms with Gasteiger partial charge in [-0.15, -0.1) is 0 Å². The van der Waals surface area contributed by atoms with E-state index in [1.165, 1.54) is 17.5 Å². The Labute approximate surface area is 117 Å². The molecule has 1 aliphatic rings. The second-order valence-electron chi connectivity index (χ2n) is 6.96. The number of ether oxygens (including phenoxy) is 2. The molecule has 2 heteroatoms. The first-order valence-electron chi connectivity index (χ1n) is 7.01. The lowest BCUT2D eigenvalue weighted by Gasteiger charge is -2.47. The third-order valence-electron chi connectivity index (χ3n) is 4.95. The van der Waals surface area contributed by atoms with Crippen LogP contribution in [0.15, 0.2) is 12.1 Å². The molecule has 1 atom stereocenters. The van der Waals surface area contributed by atoms with Crippen molar-refractivity contribution in [2.45, 2.75) is 51.9 Å². The molecular weight excluding hydrogens is 236 g/mol. The normalized spacial score (nSPS) is 23.6. The van der Waals surface area contributed by atoms with Gasteiger partial charge in [0.05, 0.1) is 14.2 Å². The van der Waals surface area contributed by atoms with E-state index in [0.717, 1.165) is 11.5 Å². The van der Waals surface area contributed by atoms with Gasteiger partial charge in [0.1, 0.15) is 11.5 Å². The molecule has 1 aromatic rings. The Morgan fingerprint density at radius 3 is 2.21 bits per heavy atom. The fraction of sp³-hybridized carbons (Fsp3) is 0.647. The molecule has 0 amide bonds. The van der Waals surface area contributed by atoms with Crippen LogP contribution < -0.4 is 9.47 Å². The monoisotopic (exact) mass is 262 g/mol. The Kier molecular flexibility index (Phi) is 3.32. The van der Waals surface area contributed by atoms with Crippen LogP contribution in [0.4, 0.5) is 0 Å². The highest BCUT2D eigenvalue weighted by molar-refractivity contribution is 5.54. The molecule has 2 nitrogen and oxygen atoms in total. The summed E-state index contributed by atoms with van der Waals surface area (Å²) in [5.41, 5.74) is 3.00. The van der Waals surface area contributed by atoms with E-state index >= 15 is 0 Å². The molecule has 2 rings (SSSR count). The van der Waals surface area contributed by atoms with Crippen molar-refractivity contribution in [3.8, 4) is 11.5 Å². The summed E-state index contributed by atoms with van der Waals surface area (Å²) in [6.45, 7) is 11.6. The van der Waals surface area contributed by atoms with Crippen LogP contribution in [0.2, 0.25) is 0 Å². The van der Waals surface area contributed by atoms with Crippen LogP contribution >= 0.6 is 0 Å². The number of fused-ring (bicyclic) bond motifs is 1. The summed E-state index contributed by atoms with van der Waals surface area (Å²) >= 11 is 0. The molecule has 0 radical (unpaired) electrons. The molecule has 0 heterocycles. The summed E-state index contributed by atoms with van der Waals surface area (Å²) in [6.07, 6.45) is 1.18. The smallest absolute Gasteiger partial charge is 0.126 e. The number of methoxy groups -OCH3 is 2. The molecule has 1 unspecified atom stereocenters. The van der Waals surface area contributed by atoms with Crippen molar-refractivity contribution in [2.24, 2.45) is 5.92 Å². The van der Waals surface area contributed by atoms with Crippen molar-refractivity contribution in [1.82, 2.24) is 0 Å². The van der Waals surface area contributed by atoms with E-state index in [-0.39, 0.29) is 10.8 Å². The van der Waals surface area contributed by atoms with E-state index in [2.05, 4.69) is 40.7 Å². The predicted octanol–water partition coefficient (Wildman–Crippen LogP) is 4.30. The van der Waals surface area contributed by atoms with E-state index in [1.54, 1.807) is 14.2 Å². The molecular formula is C17H26O2. The Bertz CT molecular complexity index is 486. The molecule has 0 bridgehead atoms. The maximum absolute atomic E-state index is 5.64. The van der Waals surface area contributed by atoms with Crippen molar-refractivity contribution in [2.75, 3.05) is 14.2 Å². The molecule has 19 heavy (non-hydrogen) atoms. The van der Waals surface area contributed by atoms with Crippen molar-refractivity contribution in [3.05, 3.63) is 23.3 Å². The minimum Gasteiger partial charge on any atom is -0.497 e. The number of rotatable bonds is 2. The number of hydrogen-bond acceptors (Lipinski definition) is 2. The molecule has 106 valence electrons. The highest BCUT2D eigenvalue weighted by Gasteiger charge is 2.44. The second kappa shape index (κ2) is 4.43. The van der Waals surface area contributed by atoms with E-state index in [4.69, 9.17) is 9.47 Å². The minimum atomic E-state index is 0.141. The van der Waals surface area contributed by atoms with Crippen LogP contribution in [0, 0.1) is 5.92 Å². The van der Waals surface area contributed by atoms with Gasteiger partial charge in [0, 0.05) is 11.6 Å². The average Bonchev–Trinajstić information content (AvgIpc) is 2.34. The van der Waals surface area contributed by atoms with Crippen LogP contribution in [0.5, 0.6) is 11.5 Å². The van der Waals surface area contributed by atoms with Crippen molar-refractivity contribution in [1.29, 1.82) is 0 Å². The average molecular weight is 262 g/mol. The van der Waals surface area contributed by atoms with Gasteiger partial charge in [-0.2, -0.15) is 0 Å². The van der Waals surface area contributed by atoms with Crippen molar-refractivity contribution < 1.29 is 9.47 Å². The maximum Gasteiger partial charge on any atom is 0.126 e. The molecule has 0 aliphatic heterocycles. The Balaban J connectivity index is 2.77. The van der Waals surface area contributed by atoms with Gasteiger partial charge in [0.15, 0.2) is 0 Å². The van der Waals surface area contributed by atoms with Crippen LogP contribution in [0.3, 0.4) is 0 Å². The Morgan fingerprint density at radius 2 is 1.68 bits per heavy atom. The molecule has 1 aromatic carbocycles. The van der Waals surface area contributed by atoms with E-state index < -0.39 is 0 Å². The zero-order valence-corrected chi connectivity index (χ0v) is 13.3. The van der Waals surface area contributed by atoms with Crippen molar-refractivity contribution in [3.63, 3.8) is 0 Å². The standard InChI is InChI=1S/C17H26O2/c1-11-10-16(2,3)15-13(17(11,4)5)8-12(18-6)9-14(15)19-7/h8-9,11H,10H2,1-7H3. The first-order chi connectivity index (χ1) is 8.74. The first kappa shape index (κ1) is 14.2. The van der Waals surface area contributed by atoms with Gasteiger partial charge >= 0.3 is 0 Å². The molecule has 0 saturated heterocycles.